The number of aliphatic hydroxyl groups excluding tert-OH is 1. The third-order valence-electron chi connectivity index (χ3n) is 7.50. The summed E-state index contributed by atoms with van der Waals surface area (Å²) < 4.78 is 11.5. The summed E-state index contributed by atoms with van der Waals surface area (Å²) in [5, 5.41) is 14.5. The Morgan fingerprint density at radius 1 is 1.35 bits per heavy atom. The normalized spacial score (nSPS) is 21.5. The number of benzene rings is 1. The summed E-state index contributed by atoms with van der Waals surface area (Å²) in [6.45, 7) is 11.6. The number of rotatable bonds is 8. The van der Waals surface area contributed by atoms with E-state index in [-0.39, 0.29) is 17.7 Å². The summed E-state index contributed by atoms with van der Waals surface area (Å²) in [5.74, 6) is 0.432. The highest BCUT2D eigenvalue weighted by molar-refractivity contribution is 5.78. The second-order valence-corrected chi connectivity index (χ2v) is 9.70. The maximum Gasteiger partial charge on any atom is 0.223 e. The fourth-order valence-electron chi connectivity index (χ4n) is 5.32. The standard InChI is InChI=1S/C27H37N3O4/c1-18-15-24(34-17-21-5-4-8-28-16-21)20(3)25-22(18)6-7-23(26(25)31)19(2)27(32)29-9-10-30-11-13-33-14-12-30/h4-5,8,15-16,19,23,26,31H,6-7,9-14,17H2,1-3H3,(H,29,32)/p+1/t19-,23-,26+/m0/s1. The first-order valence-corrected chi connectivity index (χ1v) is 12.5. The first-order chi connectivity index (χ1) is 16.5. The number of carbonyl (C=O) groups is 1. The van der Waals surface area contributed by atoms with Crippen molar-refractivity contribution < 1.29 is 24.3 Å². The van der Waals surface area contributed by atoms with Gasteiger partial charge in [0.15, 0.2) is 0 Å². The number of ether oxygens (including phenoxy) is 2. The molecule has 2 aliphatic rings. The summed E-state index contributed by atoms with van der Waals surface area (Å²) in [4.78, 5) is 18.5. The van der Waals surface area contributed by atoms with Gasteiger partial charge in [-0.25, -0.2) is 0 Å². The first kappa shape index (κ1) is 24.6. The van der Waals surface area contributed by atoms with Crippen molar-refractivity contribution >= 4 is 5.91 Å². The van der Waals surface area contributed by atoms with Crippen molar-refractivity contribution in [2.75, 3.05) is 39.4 Å². The molecule has 1 aromatic carbocycles. The molecule has 0 bridgehead atoms. The van der Waals surface area contributed by atoms with Crippen molar-refractivity contribution in [3.05, 3.63) is 58.4 Å². The van der Waals surface area contributed by atoms with Crippen LogP contribution in [0.2, 0.25) is 0 Å². The second kappa shape index (κ2) is 11.3. The van der Waals surface area contributed by atoms with Crippen LogP contribution in [0.5, 0.6) is 5.75 Å². The molecule has 0 spiro atoms. The lowest BCUT2D eigenvalue weighted by atomic mass is 9.72. The maximum atomic E-state index is 12.9. The summed E-state index contributed by atoms with van der Waals surface area (Å²) >= 11 is 0. The number of aryl methyl sites for hydroxylation is 1. The van der Waals surface area contributed by atoms with Crippen molar-refractivity contribution in [2.45, 2.75) is 46.3 Å². The molecule has 184 valence electrons. The van der Waals surface area contributed by atoms with Gasteiger partial charge in [-0.05, 0) is 61.1 Å². The molecule has 3 N–H and O–H groups in total. The number of amides is 1. The molecule has 3 atom stereocenters. The van der Waals surface area contributed by atoms with Gasteiger partial charge in [0.25, 0.3) is 0 Å². The van der Waals surface area contributed by atoms with Crippen LogP contribution in [0.25, 0.3) is 0 Å². The smallest absolute Gasteiger partial charge is 0.223 e. The molecule has 0 saturated carbocycles. The van der Waals surface area contributed by atoms with E-state index in [2.05, 4.69) is 23.3 Å². The summed E-state index contributed by atoms with van der Waals surface area (Å²) in [6, 6.07) is 5.95. The van der Waals surface area contributed by atoms with Gasteiger partial charge in [-0.15, -0.1) is 0 Å². The summed E-state index contributed by atoms with van der Waals surface area (Å²) in [7, 11) is 0. The Kier molecular flexibility index (Phi) is 8.19. The zero-order valence-electron chi connectivity index (χ0n) is 20.6. The van der Waals surface area contributed by atoms with E-state index in [0.29, 0.717) is 13.2 Å². The van der Waals surface area contributed by atoms with Gasteiger partial charge in [0.05, 0.1) is 32.4 Å². The minimum absolute atomic E-state index is 0.0264. The number of hydrogen-bond donors (Lipinski definition) is 3. The van der Waals surface area contributed by atoms with E-state index in [4.69, 9.17) is 9.47 Å². The highest BCUT2D eigenvalue weighted by Gasteiger charge is 2.37. The molecule has 2 aromatic rings. The number of quaternary nitrogens is 1. The highest BCUT2D eigenvalue weighted by Crippen LogP contribution is 2.44. The Labute approximate surface area is 202 Å². The van der Waals surface area contributed by atoms with Gasteiger partial charge in [0.1, 0.15) is 25.4 Å². The SMILES string of the molecule is Cc1cc(OCc2cccnc2)c(C)c2c1CC[C@@H]([C@H](C)C(=O)NCC[NH+]1CCOCC1)[C@H]2O. The van der Waals surface area contributed by atoms with Crippen molar-refractivity contribution in [3.63, 3.8) is 0 Å². The van der Waals surface area contributed by atoms with Crippen LogP contribution in [0.4, 0.5) is 0 Å². The van der Waals surface area contributed by atoms with E-state index in [9.17, 15) is 9.90 Å². The van der Waals surface area contributed by atoms with E-state index < -0.39 is 6.10 Å². The van der Waals surface area contributed by atoms with E-state index in [1.54, 1.807) is 12.4 Å². The lowest BCUT2D eigenvalue weighted by molar-refractivity contribution is -0.906. The average Bonchev–Trinajstić information content (AvgIpc) is 2.86. The first-order valence-electron chi connectivity index (χ1n) is 12.5. The number of aromatic nitrogens is 1. The topological polar surface area (TPSA) is 85.1 Å². The van der Waals surface area contributed by atoms with E-state index >= 15 is 0 Å². The minimum Gasteiger partial charge on any atom is -0.489 e. The van der Waals surface area contributed by atoms with Crippen molar-refractivity contribution in [1.82, 2.24) is 10.3 Å². The van der Waals surface area contributed by atoms with E-state index in [1.807, 2.05) is 26.0 Å². The van der Waals surface area contributed by atoms with Gasteiger partial charge in [-0.2, -0.15) is 0 Å². The second-order valence-electron chi connectivity index (χ2n) is 9.70. The zero-order chi connectivity index (χ0) is 24.1. The molecule has 7 nitrogen and oxygen atoms in total. The van der Waals surface area contributed by atoms with Crippen LogP contribution >= 0.6 is 0 Å². The molecule has 0 radical (unpaired) electrons. The Balaban J connectivity index is 1.42. The van der Waals surface area contributed by atoms with E-state index in [0.717, 1.165) is 73.7 Å². The van der Waals surface area contributed by atoms with Gasteiger partial charge in [0.2, 0.25) is 5.91 Å². The molecule has 1 aromatic heterocycles. The van der Waals surface area contributed by atoms with Crippen molar-refractivity contribution in [1.29, 1.82) is 0 Å². The number of carbonyl (C=O) groups excluding carboxylic acids is 1. The minimum atomic E-state index is -0.685. The Bertz CT molecular complexity index is 976. The van der Waals surface area contributed by atoms with Crippen LogP contribution in [0.1, 0.15) is 47.3 Å². The lowest BCUT2D eigenvalue weighted by Crippen LogP contribution is -3.14. The molecule has 1 aliphatic heterocycles. The molecule has 2 heterocycles. The van der Waals surface area contributed by atoms with E-state index in [1.165, 1.54) is 10.5 Å². The molecule has 1 saturated heterocycles. The van der Waals surface area contributed by atoms with Gasteiger partial charge in [-0.3, -0.25) is 9.78 Å². The summed E-state index contributed by atoms with van der Waals surface area (Å²) in [5.41, 5.74) is 5.23. The fourth-order valence-corrected chi connectivity index (χ4v) is 5.32. The highest BCUT2D eigenvalue weighted by atomic mass is 16.5. The molecule has 7 heteroatoms. The van der Waals surface area contributed by atoms with Gasteiger partial charge >= 0.3 is 0 Å². The number of nitrogens with zero attached hydrogens (tertiary/aromatic N) is 1. The third-order valence-corrected chi connectivity index (χ3v) is 7.50. The average molecular weight is 469 g/mol. The van der Waals surface area contributed by atoms with Gasteiger partial charge in [-0.1, -0.05) is 13.0 Å². The molecule has 1 amide bonds. The van der Waals surface area contributed by atoms with Crippen LogP contribution in [0, 0.1) is 25.7 Å². The maximum absolute atomic E-state index is 12.9. The summed E-state index contributed by atoms with van der Waals surface area (Å²) in [6.07, 6.45) is 4.52. The predicted octanol–water partition coefficient (Wildman–Crippen LogP) is 1.54. The monoisotopic (exact) mass is 468 g/mol. The number of aliphatic hydroxyl groups is 1. The number of nitrogens with one attached hydrogen (secondary N) is 2. The fraction of sp³-hybridized carbons (Fsp3) is 0.556. The molecular formula is C27H38N3O4+. The Hall–Kier alpha value is -2.48. The lowest BCUT2D eigenvalue weighted by Gasteiger charge is -2.36. The zero-order valence-corrected chi connectivity index (χ0v) is 20.6. The molecular weight excluding hydrogens is 430 g/mol. The van der Waals surface area contributed by atoms with Gasteiger partial charge < -0.3 is 24.8 Å². The molecule has 34 heavy (non-hydrogen) atoms. The third kappa shape index (κ3) is 5.59. The van der Waals surface area contributed by atoms with Crippen LogP contribution in [-0.2, 0) is 22.6 Å². The van der Waals surface area contributed by atoms with Gasteiger partial charge in [0, 0.05) is 29.8 Å². The molecule has 4 rings (SSSR count). The number of pyridine rings is 1. The molecule has 0 unspecified atom stereocenters. The molecule has 1 aliphatic carbocycles. The van der Waals surface area contributed by atoms with Crippen LogP contribution < -0.4 is 15.0 Å². The Morgan fingerprint density at radius 2 is 2.15 bits per heavy atom. The van der Waals surface area contributed by atoms with Crippen LogP contribution in [0.15, 0.2) is 30.6 Å². The van der Waals surface area contributed by atoms with Crippen LogP contribution in [-0.4, -0.2) is 55.4 Å². The quantitative estimate of drug-likeness (QED) is 0.547. The van der Waals surface area contributed by atoms with Crippen LogP contribution in [0.3, 0.4) is 0 Å². The largest absolute Gasteiger partial charge is 0.489 e. The van der Waals surface area contributed by atoms with Crippen molar-refractivity contribution in [3.8, 4) is 5.75 Å². The predicted molar refractivity (Wildman–Crippen MR) is 130 cm³/mol. The van der Waals surface area contributed by atoms with Crippen molar-refractivity contribution in [2.24, 2.45) is 11.8 Å². The number of morpholine rings is 1. The number of hydrogen-bond acceptors (Lipinski definition) is 5. The molecule has 1 fully saturated rings. The number of fused-ring (bicyclic) bond motifs is 1. The Morgan fingerprint density at radius 3 is 2.88 bits per heavy atom.